The zero-order valence-corrected chi connectivity index (χ0v) is 11.1. The van der Waals surface area contributed by atoms with E-state index in [-0.39, 0.29) is 18.1 Å². The molecule has 3 nitrogen and oxygen atoms in total. The molecule has 1 aliphatic carbocycles. The van der Waals surface area contributed by atoms with E-state index in [4.69, 9.17) is 0 Å². The summed E-state index contributed by atoms with van der Waals surface area (Å²) in [4.78, 5) is 14.1. The number of aryl methyl sites for hydroxylation is 1. The Balaban J connectivity index is 2.16. The maximum Gasteiger partial charge on any atom is 0.254 e. The first-order chi connectivity index (χ1) is 8.61. The Hall–Kier alpha value is -1.35. The number of carbonyl (C=O) groups excluding carboxylic acids is 1. The van der Waals surface area contributed by atoms with E-state index in [1.54, 1.807) is 11.9 Å². The molecule has 2 rings (SSSR count). The predicted octanol–water partition coefficient (Wildman–Crippen LogP) is 2.37. The topological polar surface area (TPSA) is 40.5 Å². The molecule has 3 heteroatoms. The lowest BCUT2D eigenvalue weighted by atomic mass is 9.91. The van der Waals surface area contributed by atoms with E-state index in [2.05, 4.69) is 0 Å². The van der Waals surface area contributed by atoms with Crippen molar-refractivity contribution in [3.63, 3.8) is 0 Å². The van der Waals surface area contributed by atoms with Crippen molar-refractivity contribution in [1.82, 2.24) is 4.90 Å². The van der Waals surface area contributed by atoms with Gasteiger partial charge in [-0.3, -0.25) is 4.79 Å². The molecular weight excluding hydrogens is 226 g/mol. The molecule has 1 fully saturated rings. The number of benzene rings is 1. The third-order valence-electron chi connectivity index (χ3n) is 3.89. The molecule has 1 amide bonds. The van der Waals surface area contributed by atoms with Crippen LogP contribution in [0.15, 0.2) is 24.3 Å². The summed E-state index contributed by atoms with van der Waals surface area (Å²) in [6, 6.07) is 7.57. The Morgan fingerprint density at radius 2 is 1.94 bits per heavy atom. The third-order valence-corrected chi connectivity index (χ3v) is 3.89. The minimum absolute atomic E-state index is 0.0130. The van der Waals surface area contributed by atoms with Crippen LogP contribution in [0.4, 0.5) is 0 Å². The lowest BCUT2D eigenvalue weighted by Gasteiger charge is -2.35. The van der Waals surface area contributed by atoms with E-state index < -0.39 is 0 Å². The molecule has 1 N–H and O–H groups in total. The monoisotopic (exact) mass is 247 g/mol. The quantitative estimate of drug-likeness (QED) is 0.871. The first-order valence-corrected chi connectivity index (χ1v) is 6.62. The zero-order chi connectivity index (χ0) is 13.1. The molecule has 98 valence electrons. The SMILES string of the molecule is Cc1ccccc1C(=O)N(C)[C@@H]1CCCC[C@@H]1O. The van der Waals surface area contributed by atoms with Gasteiger partial charge < -0.3 is 10.0 Å². The molecule has 1 aromatic carbocycles. The van der Waals surface area contributed by atoms with E-state index >= 15 is 0 Å². The van der Waals surface area contributed by atoms with Crippen LogP contribution in [0.5, 0.6) is 0 Å². The van der Waals surface area contributed by atoms with Crippen LogP contribution >= 0.6 is 0 Å². The second-order valence-electron chi connectivity index (χ2n) is 5.15. The summed E-state index contributed by atoms with van der Waals surface area (Å²) in [6.07, 6.45) is 3.47. The normalized spacial score (nSPS) is 23.7. The van der Waals surface area contributed by atoms with Gasteiger partial charge in [-0.1, -0.05) is 31.0 Å². The van der Waals surface area contributed by atoms with Crippen molar-refractivity contribution in [1.29, 1.82) is 0 Å². The van der Waals surface area contributed by atoms with Gasteiger partial charge >= 0.3 is 0 Å². The van der Waals surface area contributed by atoms with Crippen LogP contribution in [0.2, 0.25) is 0 Å². The molecule has 1 saturated carbocycles. The van der Waals surface area contributed by atoms with Gasteiger partial charge in [0.2, 0.25) is 0 Å². The summed E-state index contributed by atoms with van der Waals surface area (Å²) in [7, 11) is 1.80. The summed E-state index contributed by atoms with van der Waals surface area (Å²) in [5.74, 6) is 0.0130. The number of aliphatic hydroxyl groups excluding tert-OH is 1. The Bertz CT molecular complexity index is 430. The lowest BCUT2D eigenvalue weighted by molar-refractivity contribution is 0.0267. The van der Waals surface area contributed by atoms with Gasteiger partial charge in [-0.05, 0) is 31.4 Å². The highest BCUT2D eigenvalue weighted by Crippen LogP contribution is 2.24. The number of aliphatic hydroxyl groups is 1. The van der Waals surface area contributed by atoms with Crippen LogP contribution in [0.1, 0.15) is 41.6 Å². The number of nitrogens with zero attached hydrogens (tertiary/aromatic N) is 1. The standard InChI is InChI=1S/C15H21NO2/c1-11-7-3-4-8-12(11)15(18)16(2)13-9-5-6-10-14(13)17/h3-4,7-8,13-14,17H,5-6,9-10H2,1-2H3/t13-,14+/m1/s1. The number of carbonyl (C=O) groups is 1. The van der Waals surface area contributed by atoms with Gasteiger partial charge in [0, 0.05) is 12.6 Å². The molecule has 0 saturated heterocycles. The molecule has 0 unspecified atom stereocenters. The highest BCUT2D eigenvalue weighted by atomic mass is 16.3. The number of likely N-dealkylation sites (N-methyl/N-ethyl adjacent to an activating group) is 1. The summed E-state index contributed by atoms with van der Waals surface area (Å²) in [6.45, 7) is 1.94. The first kappa shape index (κ1) is 13.1. The number of hydrogen-bond donors (Lipinski definition) is 1. The fourth-order valence-corrected chi connectivity index (χ4v) is 2.70. The molecule has 1 aliphatic rings. The van der Waals surface area contributed by atoms with E-state index in [1.807, 2.05) is 31.2 Å². The summed E-state index contributed by atoms with van der Waals surface area (Å²) in [5.41, 5.74) is 1.72. The first-order valence-electron chi connectivity index (χ1n) is 6.62. The summed E-state index contributed by atoms with van der Waals surface area (Å²) >= 11 is 0. The van der Waals surface area contributed by atoms with Crippen molar-refractivity contribution in [3.05, 3.63) is 35.4 Å². The van der Waals surface area contributed by atoms with Gasteiger partial charge in [0.05, 0.1) is 12.1 Å². The summed E-state index contributed by atoms with van der Waals surface area (Å²) < 4.78 is 0. The Labute approximate surface area is 108 Å². The fraction of sp³-hybridized carbons (Fsp3) is 0.533. The van der Waals surface area contributed by atoms with Crippen LogP contribution in [-0.2, 0) is 0 Å². The van der Waals surface area contributed by atoms with Gasteiger partial charge in [0.1, 0.15) is 0 Å². The van der Waals surface area contributed by atoms with Gasteiger partial charge in [-0.2, -0.15) is 0 Å². The second kappa shape index (κ2) is 5.53. The van der Waals surface area contributed by atoms with Crippen LogP contribution in [0.25, 0.3) is 0 Å². The highest BCUT2D eigenvalue weighted by molar-refractivity contribution is 5.95. The van der Waals surface area contributed by atoms with Gasteiger partial charge in [0.25, 0.3) is 5.91 Å². The molecule has 0 radical (unpaired) electrons. The number of rotatable bonds is 2. The molecular formula is C15H21NO2. The molecule has 1 aromatic rings. The van der Waals surface area contributed by atoms with Crippen LogP contribution < -0.4 is 0 Å². The van der Waals surface area contributed by atoms with Crippen molar-refractivity contribution in [2.24, 2.45) is 0 Å². The van der Waals surface area contributed by atoms with Crippen molar-refractivity contribution >= 4 is 5.91 Å². The van der Waals surface area contributed by atoms with Crippen molar-refractivity contribution < 1.29 is 9.90 Å². The second-order valence-corrected chi connectivity index (χ2v) is 5.15. The van der Waals surface area contributed by atoms with E-state index in [1.165, 1.54) is 0 Å². The lowest BCUT2D eigenvalue weighted by Crippen LogP contribution is -2.46. The van der Waals surface area contributed by atoms with E-state index in [9.17, 15) is 9.90 Å². The number of amides is 1. The maximum absolute atomic E-state index is 12.4. The van der Waals surface area contributed by atoms with Crippen molar-refractivity contribution in [3.8, 4) is 0 Å². The van der Waals surface area contributed by atoms with Gasteiger partial charge in [-0.25, -0.2) is 0 Å². The van der Waals surface area contributed by atoms with Crippen LogP contribution in [0.3, 0.4) is 0 Å². The predicted molar refractivity (Wildman–Crippen MR) is 71.5 cm³/mol. The van der Waals surface area contributed by atoms with Crippen LogP contribution in [-0.4, -0.2) is 35.1 Å². The van der Waals surface area contributed by atoms with Gasteiger partial charge in [-0.15, -0.1) is 0 Å². The smallest absolute Gasteiger partial charge is 0.254 e. The van der Waals surface area contributed by atoms with Crippen molar-refractivity contribution in [2.45, 2.75) is 44.8 Å². The largest absolute Gasteiger partial charge is 0.391 e. The molecule has 0 aliphatic heterocycles. The molecule has 0 aromatic heterocycles. The average molecular weight is 247 g/mol. The third kappa shape index (κ3) is 2.56. The Morgan fingerprint density at radius 1 is 1.28 bits per heavy atom. The molecule has 18 heavy (non-hydrogen) atoms. The van der Waals surface area contributed by atoms with E-state index in [0.717, 1.165) is 36.8 Å². The molecule has 0 heterocycles. The molecule has 0 spiro atoms. The maximum atomic E-state index is 12.4. The number of hydrogen-bond acceptors (Lipinski definition) is 2. The fourth-order valence-electron chi connectivity index (χ4n) is 2.70. The van der Waals surface area contributed by atoms with E-state index in [0.29, 0.717) is 0 Å². The summed E-state index contributed by atoms with van der Waals surface area (Å²) in [5, 5.41) is 10.0. The van der Waals surface area contributed by atoms with Crippen molar-refractivity contribution in [2.75, 3.05) is 7.05 Å². The Kier molecular flexibility index (Phi) is 4.02. The minimum Gasteiger partial charge on any atom is -0.391 e. The van der Waals surface area contributed by atoms with Crippen LogP contribution in [0, 0.1) is 6.92 Å². The molecule has 0 bridgehead atoms. The zero-order valence-electron chi connectivity index (χ0n) is 11.1. The average Bonchev–Trinajstić information content (AvgIpc) is 2.38. The highest BCUT2D eigenvalue weighted by Gasteiger charge is 2.30. The molecule has 2 atom stereocenters. The minimum atomic E-state index is -0.378. The van der Waals surface area contributed by atoms with Gasteiger partial charge in [0.15, 0.2) is 0 Å². The Morgan fingerprint density at radius 3 is 2.61 bits per heavy atom.